The van der Waals surface area contributed by atoms with Gasteiger partial charge in [-0.3, -0.25) is 4.57 Å². The van der Waals surface area contributed by atoms with Crippen LogP contribution in [-0.2, 0) is 4.57 Å². The van der Waals surface area contributed by atoms with Crippen molar-refractivity contribution in [3.05, 3.63) is 11.9 Å². The first kappa shape index (κ1) is 13.9. The highest BCUT2D eigenvalue weighted by atomic mass is 31.2. The summed E-state index contributed by atoms with van der Waals surface area (Å²) in [4.78, 5) is 9.39. The molecule has 0 saturated carbocycles. The van der Waals surface area contributed by atoms with Gasteiger partial charge < -0.3 is 4.89 Å². The molecule has 0 aliphatic heterocycles. The second-order valence-electron chi connectivity index (χ2n) is 3.71. The minimum absolute atomic E-state index is 0.415. The highest BCUT2D eigenvalue weighted by molar-refractivity contribution is 7.61. The number of allylic oxidation sites excluding steroid dienone is 1. The molecule has 1 N–H and O–H groups in total. The Hall–Kier alpha value is -0.0700. The highest BCUT2D eigenvalue weighted by Crippen LogP contribution is 2.42. The number of unbranched alkanes of at least 4 members (excludes halogenated alkanes) is 4. The van der Waals surface area contributed by atoms with E-state index in [1.807, 2.05) is 13.0 Å². The summed E-state index contributed by atoms with van der Waals surface area (Å²) < 4.78 is 11.4. The molecule has 14 heavy (non-hydrogen) atoms. The summed E-state index contributed by atoms with van der Waals surface area (Å²) in [6.45, 7) is 4.11. The van der Waals surface area contributed by atoms with Gasteiger partial charge in [-0.2, -0.15) is 0 Å². The van der Waals surface area contributed by atoms with Crippen LogP contribution in [0.25, 0.3) is 0 Å². The van der Waals surface area contributed by atoms with E-state index in [0.717, 1.165) is 19.3 Å². The monoisotopic (exact) mass is 218 g/mol. The van der Waals surface area contributed by atoms with Crippen LogP contribution in [0.5, 0.6) is 0 Å². The molecule has 0 aromatic heterocycles. The van der Waals surface area contributed by atoms with E-state index >= 15 is 0 Å². The van der Waals surface area contributed by atoms with Crippen molar-refractivity contribution in [3.63, 3.8) is 0 Å². The summed E-state index contributed by atoms with van der Waals surface area (Å²) in [6.07, 6.45) is 8.85. The molecule has 0 heterocycles. The summed E-state index contributed by atoms with van der Waals surface area (Å²) in [6, 6.07) is 0. The average molecular weight is 218 g/mol. The Morgan fingerprint density at radius 1 is 1.14 bits per heavy atom. The molecule has 0 aliphatic carbocycles. The summed E-state index contributed by atoms with van der Waals surface area (Å²) in [5, 5.41) is 0. The smallest absolute Gasteiger partial charge is 0.222 e. The van der Waals surface area contributed by atoms with Crippen molar-refractivity contribution in [1.29, 1.82) is 0 Å². The maximum Gasteiger partial charge on any atom is 0.222 e. The summed E-state index contributed by atoms with van der Waals surface area (Å²) >= 11 is 0. The second kappa shape index (κ2) is 8.26. The fraction of sp³-hybridized carbons (Fsp3) is 0.818. The normalized spacial score (nSPS) is 15.9. The van der Waals surface area contributed by atoms with E-state index in [-0.39, 0.29) is 0 Å². The molecule has 1 unspecified atom stereocenters. The molecule has 0 aliphatic rings. The zero-order chi connectivity index (χ0) is 10.9. The lowest BCUT2D eigenvalue weighted by Gasteiger charge is -2.03. The van der Waals surface area contributed by atoms with Crippen LogP contribution in [-0.4, -0.2) is 11.1 Å². The fourth-order valence-electron chi connectivity index (χ4n) is 1.32. The lowest BCUT2D eigenvalue weighted by atomic mass is 10.2. The van der Waals surface area contributed by atoms with Gasteiger partial charge in [-0.05, 0) is 25.1 Å². The minimum Gasteiger partial charge on any atom is -0.341 e. The highest BCUT2D eigenvalue weighted by Gasteiger charge is 2.10. The molecule has 0 fully saturated rings. The van der Waals surface area contributed by atoms with Crippen LogP contribution in [0.4, 0.5) is 0 Å². The number of hydrogen-bond donors (Lipinski definition) is 1. The van der Waals surface area contributed by atoms with Gasteiger partial charge in [0.25, 0.3) is 0 Å². The third-order valence-electron chi connectivity index (χ3n) is 2.11. The van der Waals surface area contributed by atoms with Crippen molar-refractivity contribution in [3.8, 4) is 0 Å². The van der Waals surface area contributed by atoms with Gasteiger partial charge >= 0.3 is 0 Å². The van der Waals surface area contributed by atoms with Crippen molar-refractivity contribution >= 4 is 7.37 Å². The largest absolute Gasteiger partial charge is 0.341 e. The Bertz CT molecular complexity index is 199. The van der Waals surface area contributed by atoms with E-state index in [4.69, 9.17) is 0 Å². The molecule has 3 heteroatoms. The van der Waals surface area contributed by atoms with E-state index in [2.05, 4.69) is 6.92 Å². The van der Waals surface area contributed by atoms with E-state index in [9.17, 15) is 9.46 Å². The molecule has 0 bridgehead atoms. The maximum absolute atomic E-state index is 11.4. The van der Waals surface area contributed by atoms with Crippen LogP contribution < -0.4 is 0 Å². The Kier molecular flexibility index (Phi) is 8.21. The predicted molar refractivity (Wildman–Crippen MR) is 62.9 cm³/mol. The molecule has 2 nitrogen and oxygen atoms in total. The zero-order valence-electron chi connectivity index (χ0n) is 9.41. The minimum atomic E-state index is -2.93. The van der Waals surface area contributed by atoms with Gasteiger partial charge in [0, 0.05) is 6.16 Å². The van der Waals surface area contributed by atoms with E-state index in [1.54, 1.807) is 0 Å². The third-order valence-corrected chi connectivity index (χ3v) is 3.87. The molecule has 1 atom stereocenters. The van der Waals surface area contributed by atoms with Crippen LogP contribution in [0.3, 0.4) is 0 Å². The molecule has 0 aromatic carbocycles. The molecular weight excluding hydrogens is 195 g/mol. The number of rotatable bonds is 8. The maximum atomic E-state index is 11.4. The predicted octanol–water partition coefficient (Wildman–Crippen LogP) is 4.15. The average Bonchev–Trinajstić information content (AvgIpc) is 2.11. The van der Waals surface area contributed by atoms with E-state index in [1.165, 1.54) is 25.1 Å². The van der Waals surface area contributed by atoms with Crippen molar-refractivity contribution in [2.45, 2.75) is 52.4 Å². The summed E-state index contributed by atoms with van der Waals surface area (Å²) in [7, 11) is -2.93. The number of hydrogen-bond acceptors (Lipinski definition) is 1. The first-order valence-corrected chi connectivity index (χ1v) is 7.53. The Morgan fingerprint density at radius 3 is 2.43 bits per heavy atom. The summed E-state index contributed by atoms with van der Waals surface area (Å²) in [5.74, 6) is 1.52. The third kappa shape index (κ3) is 8.52. The van der Waals surface area contributed by atoms with Crippen LogP contribution in [0.15, 0.2) is 11.9 Å². The molecule has 84 valence electrons. The standard InChI is InChI=1S/C11H23O2P/c1-3-5-6-7-8-9-11-14(12,13)10-4-2/h9,11H,3-8,10H2,1-2H3,(H,12,13). The SMILES string of the molecule is CCCCCCC=CP(=O)(O)CCC. The van der Waals surface area contributed by atoms with Crippen LogP contribution in [0.2, 0.25) is 0 Å². The Morgan fingerprint density at radius 2 is 1.86 bits per heavy atom. The lowest BCUT2D eigenvalue weighted by Crippen LogP contribution is -1.82. The molecule has 0 rings (SSSR count). The van der Waals surface area contributed by atoms with Gasteiger partial charge in [-0.1, -0.05) is 39.2 Å². The quantitative estimate of drug-likeness (QED) is 0.491. The van der Waals surface area contributed by atoms with Crippen LogP contribution in [0.1, 0.15) is 52.4 Å². The lowest BCUT2D eigenvalue weighted by molar-refractivity contribution is 0.487. The molecular formula is C11H23O2P. The molecule has 0 spiro atoms. The summed E-state index contributed by atoms with van der Waals surface area (Å²) in [5.41, 5.74) is 0. The van der Waals surface area contributed by atoms with Crippen molar-refractivity contribution < 1.29 is 9.46 Å². The topological polar surface area (TPSA) is 37.3 Å². The van der Waals surface area contributed by atoms with Crippen molar-refractivity contribution in [1.82, 2.24) is 0 Å². The Balaban J connectivity index is 3.56. The van der Waals surface area contributed by atoms with E-state index < -0.39 is 7.37 Å². The zero-order valence-corrected chi connectivity index (χ0v) is 10.3. The molecule has 0 radical (unpaired) electrons. The van der Waals surface area contributed by atoms with Gasteiger partial charge in [-0.15, -0.1) is 0 Å². The van der Waals surface area contributed by atoms with Gasteiger partial charge in [0.15, 0.2) is 0 Å². The van der Waals surface area contributed by atoms with Gasteiger partial charge in [0.05, 0.1) is 0 Å². The fourth-order valence-corrected chi connectivity index (χ4v) is 2.59. The van der Waals surface area contributed by atoms with Gasteiger partial charge in [0.2, 0.25) is 7.37 Å². The van der Waals surface area contributed by atoms with Crippen LogP contribution >= 0.6 is 7.37 Å². The molecule has 0 saturated heterocycles. The van der Waals surface area contributed by atoms with Gasteiger partial charge in [-0.25, -0.2) is 0 Å². The first-order valence-electron chi connectivity index (χ1n) is 5.61. The molecule has 0 aromatic rings. The Labute approximate surface area is 87.9 Å². The van der Waals surface area contributed by atoms with Crippen molar-refractivity contribution in [2.24, 2.45) is 0 Å². The second-order valence-corrected chi connectivity index (χ2v) is 5.97. The first-order chi connectivity index (χ1) is 6.62. The van der Waals surface area contributed by atoms with E-state index in [0.29, 0.717) is 6.16 Å². The van der Waals surface area contributed by atoms with Crippen molar-refractivity contribution in [2.75, 3.05) is 6.16 Å². The molecule has 0 amide bonds. The van der Waals surface area contributed by atoms with Crippen LogP contribution in [0, 0.1) is 0 Å². The van der Waals surface area contributed by atoms with Gasteiger partial charge in [0.1, 0.15) is 0 Å².